The van der Waals surface area contributed by atoms with E-state index in [2.05, 4.69) is 19.9 Å². The second-order valence-corrected chi connectivity index (χ2v) is 4.16. The normalized spacial score (nSPS) is 24.7. The van der Waals surface area contributed by atoms with Crippen molar-refractivity contribution >= 4 is 0 Å². The van der Waals surface area contributed by atoms with Gasteiger partial charge in [-0.05, 0) is 11.5 Å². The summed E-state index contributed by atoms with van der Waals surface area (Å²) in [5.41, 5.74) is 1.19. The van der Waals surface area contributed by atoms with E-state index < -0.39 is 6.29 Å². The molecule has 0 aromatic heterocycles. The lowest BCUT2D eigenvalue weighted by atomic mass is 9.79. The number of rotatable bonds is 0. The molecule has 1 aromatic rings. The number of benzene rings is 1. The smallest absolute Gasteiger partial charge is 0.198 e. The van der Waals surface area contributed by atoms with Crippen molar-refractivity contribution in [3.63, 3.8) is 0 Å². The van der Waals surface area contributed by atoms with Gasteiger partial charge in [-0.15, -0.1) is 0 Å². The highest BCUT2D eigenvalue weighted by Gasteiger charge is 2.32. The summed E-state index contributed by atoms with van der Waals surface area (Å²) in [6.45, 7) is 4.25. The Kier molecular flexibility index (Phi) is 1.81. The number of para-hydroxylation sites is 1. The molecule has 2 nitrogen and oxygen atoms in total. The third-order valence-electron chi connectivity index (χ3n) is 2.56. The van der Waals surface area contributed by atoms with E-state index in [0.29, 0.717) is 6.42 Å². The van der Waals surface area contributed by atoms with E-state index in [-0.39, 0.29) is 5.41 Å². The minimum absolute atomic E-state index is 0.00819. The first kappa shape index (κ1) is 8.57. The maximum atomic E-state index is 9.47. The molecule has 1 atom stereocenters. The van der Waals surface area contributed by atoms with Crippen molar-refractivity contribution < 1.29 is 9.84 Å². The molecule has 0 fully saturated rings. The van der Waals surface area contributed by atoms with Gasteiger partial charge in [0.25, 0.3) is 0 Å². The zero-order valence-electron chi connectivity index (χ0n) is 7.95. The molecule has 2 heteroatoms. The van der Waals surface area contributed by atoms with Crippen LogP contribution in [0.2, 0.25) is 0 Å². The third-order valence-corrected chi connectivity index (χ3v) is 2.56. The molecule has 1 aromatic carbocycles. The molecule has 2 rings (SSSR count). The van der Waals surface area contributed by atoms with Crippen LogP contribution in [0.1, 0.15) is 25.8 Å². The number of fused-ring (bicyclic) bond motifs is 1. The molecule has 70 valence electrons. The molecule has 0 spiro atoms. The fourth-order valence-corrected chi connectivity index (χ4v) is 1.86. The SMILES string of the molecule is CC1(C)C[C@H](O)Oc2ccccc21. The third kappa shape index (κ3) is 1.42. The highest BCUT2D eigenvalue weighted by Crippen LogP contribution is 2.39. The van der Waals surface area contributed by atoms with Crippen LogP contribution in [0.25, 0.3) is 0 Å². The van der Waals surface area contributed by atoms with Gasteiger partial charge in [0.15, 0.2) is 6.29 Å². The Labute approximate surface area is 78.2 Å². The maximum absolute atomic E-state index is 9.47. The van der Waals surface area contributed by atoms with Gasteiger partial charge in [-0.3, -0.25) is 0 Å². The van der Waals surface area contributed by atoms with Gasteiger partial charge in [-0.2, -0.15) is 0 Å². The molecule has 0 amide bonds. The van der Waals surface area contributed by atoms with Crippen LogP contribution in [0.3, 0.4) is 0 Å². The number of aliphatic hydroxyl groups is 1. The van der Waals surface area contributed by atoms with Crippen LogP contribution in [-0.2, 0) is 5.41 Å². The standard InChI is InChI=1S/C11H14O2/c1-11(2)7-10(12)13-9-6-4-3-5-8(9)11/h3-6,10,12H,7H2,1-2H3/t10-/m1/s1. The van der Waals surface area contributed by atoms with Crippen molar-refractivity contribution in [2.75, 3.05) is 0 Å². The van der Waals surface area contributed by atoms with E-state index in [1.807, 2.05) is 18.2 Å². The first-order valence-electron chi connectivity index (χ1n) is 4.54. The van der Waals surface area contributed by atoms with E-state index in [0.717, 1.165) is 5.75 Å². The minimum Gasteiger partial charge on any atom is -0.465 e. The lowest BCUT2D eigenvalue weighted by Crippen LogP contribution is -2.33. The van der Waals surface area contributed by atoms with E-state index in [4.69, 9.17) is 4.74 Å². The van der Waals surface area contributed by atoms with E-state index in [1.54, 1.807) is 0 Å². The summed E-state index contributed by atoms with van der Waals surface area (Å²) in [5, 5.41) is 9.47. The summed E-state index contributed by atoms with van der Waals surface area (Å²) in [4.78, 5) is 0. The topological polar surface area (TPSA) is 29.5 Å². The quantitative estimate of drug-likeness (QED) is 0.659. The van der Waals surface area contributed by atoms with Crippen LogP contribution < -0.4 is 4.74 Å². The van der Waals surface area contributed by atoms with Crippen LogP contribution in [0, 0.1) is 0 Å². The van der Waals surface area contributed by atoms with Crippen molar-refractivity contribution in [2.45, 2.75) is 32.0 Å². The highest BCUT2D eigenvalue weighted by atomic mass is 16.6. The molecule has 0 unspecified atom stereocenters. The second kappa shape index (κ2) is 2.74. The maximum Gasteiger partial charge on any atom is 0.198 e. The fraction of sp³-hybridized carbons (Fsp3) is 0.455. The Balaban J connectivity index is 2.50. The Morgan fingerprint density at radius 2 is 2.08 bits per heavy atom. The molecular formula is C11H14O2. The van der Waals surface area contributed by atoms with Gasteiger partial charge in [-0.1, -0.05) is 32.0 Å². The summed E-state index contributed by atoms with van der Waals surface area (Å²) >= 11 is 0. The molecule has 1 heterocycles. The first-order valence-corrected chi connectivity index (χ1v) is 4.54. The largest absolute Gasteiger partial charge is 0.465 e. The van der Waals surface area contributed by atoms with Crippen LogP contribution >= 0.6 is 0 Å². The van der Waals surface area contributed by atoms with Gasteiger partial charge in [0, 0.05) is 12.0 Å². The number of hydrogen-bond acceptors (Lipinski definition) is 2. The summed E-state index contributed by atoms with van der Waals surface area (Å²) in [6.07, 6.45) is -0.00537. The van der Waals surface area contributed by atoms with Gasteiger partial charge in [0.2, 0.25) is 0 Å². The van der Waals surface area contributed by atoms with E-state index in [9.17, 15) is 5.11 Å². The van der Waals surface area contributed by atoms with Crippen LogP contribution in [0.5, 0.6) is 5.75 Å². The van der Waals surface area contributed by atoms with Gasteiger partial charge in [0.1, 0.15) is 5.75 Å². The number of ether oxygens (including phenoxy) is 1. The first-order chi connectivity index (χ1) is 6.09. The average molecular weight is 178 g/mol. The van der Waals surface area contributed by atoms with Crippen molar-refractivity contribution in [3.8, 4) is 5.75 Å². The Bertz CT molecular complexity index is 318. The summed E-state index contributed by atoms with van der Waals surface area (Å²) in [5.74, 6) is 0.811. The number of hydrogen-bond donors (Lipinski definition) is 1. The monoisotopic (exact) mass is 178 g/mol. The van der Waals surface area contributed by atoms with Crippen LogP contribution in [0.4, 0.5) is 0 Å². The van der Waals surface area contributed by atoms with Crippen molar-refractivity contribution in [1.82, 2.24) is 0 Å². The van der Waals surface area contributed by atoms with Gasteiger partial charge >= 0.3 is 0 Å². The highest BCUT2D eigenvalue weighted by molar-refractivity contribution is 5.40. The molecule has 0 saturated carbocycles. The predicted octanol–water partition coefficient (Wildman–Crippen LogP) is 2.07. The summed E-state index contributed by atoms with van der Waals surface area (Å²) < 4.78 is 5.32. The summed E-state index contributed by atoms with van der Waals surface area (Å²) in [6, 6.07) is 7.88. The van der Waals surface area contributed by atoms with Crippen molar-refractivity contribution in [1.29, 1.82) is 0 Å². The average Bonchev–Trinajstić information content (AvgIpc) is 2.02. The second-order valence-electron chi connectivity index (χ2n) is 4.16. The van der Waals surface area contributed by atoms with Crippen molar-refractivity contribution in [3.05, 3.63) is 29.8 Å². The lowest BCUT2D eigenvalue weighted by molar-refractivity contribution is -0.0497. The molecule has 13 heavy (non-hydrogen) atoms. The van der Waals surface area contributed by atoms with Crippen LogP contribution in [0.15, 0.2) is 24.3 Å². The number of aliphatic hydroxyl groups excluding tert-OH is 1. The van der Waals surface area contributed by atoms with Crippen LogP contribution in [-0.4, -0.2) is 11.4 Å². The molecule has 0 saturated heterocycles. The Morgan fingerprint density at radius 1 is 1.38 bits per heavy atom. The zero-order valence-corrected chi connectivity index (χ0v) is 7.95. The molecule has 1 N–H and O–H groups in total. The lowest BCUT2D eigenvalue weighted by Gasteiger charge is -2.35. The fourth-order valence-electron chi connectivity index (χ4n) is 1.86. The molecule has 0 aliphatic carbocycles. The summed E-state index contributed by atoms with van der Waals surface area (Å²) in [7, 11) is 0. The Morgan fingerprint density at radius 3 is 2.85 bits per heavy atom. The zero-order chi connectivity index (χ0) is 9.47. The molecular weight excluding hydrogens is 164 g/mol. The van der Waals surface area contributed by atoms with E-state index >= 15 is 0 Å². The Hall–Kier alpha value is -1.02. The van der Waals surface area contributed by atoms with Gasteiger partial charge in [-0.25, -0.2) is 0 Å². The van der Waals surface area contributed by atoms with Gasteiger partial charge in [0.05, 0.1) is 0 Å². The van der Waals surface area contributed by atoms with E-state index in [1.165, 1.54) is 5.56 Å². The molecule has 0 radical (unpaired) electrons. The van der Waals surface area contributed by atoms with Crippen molar-refractivity contribution in [2.24, 2.45) is 0 Å². The minimum atomic E-state index is -0.662. The molecule has 1 aliphatic heterocycles. The van der Waals surface area contributed by atoms with Gasteiger partial charge < -0.3 is 9.84 Å². The predicted molar refractivity (Wildman–Crippen MR) is 50.7 cm³/mol. The molecule has 1 aliphatic rings. The molecule has 0 bridgehead atoms.